The minimum Gasteiger partial charge on any atom is -0.481 e. The van der Waals surface area contributed by atoms with Gasteiger partial charge in [0.25, 0.3) is 5.91 Å². The minimum absolute atomic E-state index is 0.0635. The number of carbonyl (C=O) groups excluding carboxylic acids is 2. The summed E-state index contributed by atoms with van der Waals surface area (Å²) in [5.41, 5.74) is -0.103. The van der Waals surface area contributed by atoms with Crippen LogP contribution in [0, 0.1) is 0 Å². The van der Waals surface area contributed by atoms with Crippen LogP contribution in [0.5, 0.6) is 0 Å². The van der Waals surface area contributed by atoms with Crippen molar-refractivity contribution in [2.24, 2.45) is 0 Å². The van der Waals surface area contributed by atoms with E-state index in [0.29, 0.717) is 5.69 Å². The van der Waals surface area contributed by atoms with Crippen LogP contribution in [0.1, 0.15) is 28.8 Å². The number of aliphatic carboxylic acids is 1. The molecule has 0 aliphatic carbocycles. The number of amides is 3. The van der Waals surface area contributed by atoms with Crippen LogP contribution in [0.3, 0.4) is 0 Å². The molecule has 4 N–H and O–H groups in total. The van der Waals surface area contributed by atoms with Crippen molar-refractivity contribution in [1.82, 2.24) is 5.32 Å². The molecule has 0 saturated carbocycles. The number of halogens is 3. The molecule has 0 unspecified atom stereocenters. The van der Waals surface area contributed by atoms with E-state index in [2.05, 4.69) is 16.0 Å². The van der Waals surface area contributed by atoms with Crippen LogP contribution >= 0.6 is 0 Å². The fourth-order valence-corrected chi connectivity index (χ4v) is 2.32. The van der Waals surface area contributed by atoms with Crippen molar-refractivity contribution in [2.45, 2.75) is 19.0 Å². The molecule has 0 bridgehead atoms. The van der Waals surface area contributed by atoms with Gasteiger partial charge in [0.15, 0.2) is 0 Å². The Bertz CT molecular complexity index is 883. The van der Waals surface area contributed by atoms with E-state index < -0.39 is 29.6 Å². The summed E-state index contributed by atoms with van der Waals surface area (Å²) >= 11 is 0. The minimum atomic E-state index is -4.46. The maximum atomic E-state index is 12.5. The second-order valence-electron chi connectivity index (χ2n) is 5.99. The first-order chi connectivity index (χ1) is 13.6. The van der Waals surface area contributed by atoms with Gasteiger partial charge in [-0.25, -0.2) is 4.79 Å². The highest BCUT2D eigenvalue weighted by Crippen LogP contribution is 2.29. The van der Waals surface area contributed by atoms with Crippen LogP contribution in [-0.4, -0.2) is 29.6 Å². The standard InChI is InChI=1S/C19H18F3N3O4/c20-19(21,22)13-6-8-14(9-7-13)24-18(29)25-15-4-1-3-12(11-15)17(28)23-10-2-5-16(26)27/h1,3-4,6-9,11H,2,5,10H2,(H,23,28)(H,26,27)(H2,24,25,29). The summed E-state index contributed by atoms with van der Waals surface area (Å²) in [6.07, 6.45) is -4.24. The molecule has 0 saturated heterocycles. The van der Waals surface area contributed by atoms with Crippen LogP contribution < -0.4 is 16.0 Å². The average molecular weight is 409 g/mol. The van der Waals surface area contributed by atoms with Crippen molar-refractivity contribution in [3.05, 3.63) is 59.7 Å². The Morgan fingerprint density at radius 1 is 0.931 bits per heavy atom. The lowest BCUT2D eigenvalue weighted by Crippen LogP contribution is -2.25. The quantitative estimate of drug-likeness (QED) is 0.520. The van der Waals surface area contributed by atoms with Crippen molar-refractivity contribution in [3.8, 4) is 0 Å². The van der Waals surface area contributed by atoms with Gasteiger partial charge in [-0.15, -0.1) is 0 Å². The number of urea groups is 1. The van der Waals surface area contributed by atoms with Gasteiger partial charge in [-0.3, -0.25) is 9.59 Å². The number of carbonyl (C=O) groups is 3. The third-order valence-corrected chi connectivity index (χ3v) is 3.71. The number of anilines is 2. The van der Waals surface area contributed by atoms with Crippen LogP contribution in [0.2, 0.25) is 0 Å². The van der Waals surface area contributed by atoms with Gasteiger partial charge in [0.1, 0.15) is 0 Å². The summed E-state index contributed by atoms with van der Waals surface area (Å²) in [4.78, 5) is 34.5. The Morgan fingerprint density at radius 3 is 2.21 bits per heavy atom. The topological polar surface area (TPSA) is 108 Å². The molecule has 2 rings (SSSR count). The number of carboxylic acid groups (broad SMARTS) is 1. The molecule has 0 fully saturated rings. The maximum absolute atomic E-state index is 12.5. The van der Waals surface area contributed by atoms with Crippen molar-refractivity contribution >= 4 is 29.3 Å². The molecular weight excluding hydrogens is 391 g/mol. The summed E-state index contributed by atoms with van der Waals surface area (Å²) in [7, 11) is 0. The van der Waals surface area contributed by atoms with Gasteiger partial charge >= 0.3 is 18.2 Å². The molecule has 3 amide bonds. The lowest BCUT2D eigenvalue weighted by Gasteiger charge is -2.11. The average Bonchev–Trinajstić information content (AvgIpc) is 2.64. The first-order valence-electron chi connectivity index (χ1n) is 8.50. The van der Waals surface area contributed by atoms with E-state index in [0.717, 1.165) is 24.3 Å². The fraction of sp³-hybridized carbons (Fsp3) is 0.211. The van der Waals surface area contributed by atoms with Gasteiger partial charge in [-0.2, -0.15) is 13.2 Å². The smallest absolute Gasteiger partial charge is 0.416 e. The molecule has 0 aliphatic heterocycles. The number of carboxylic acids is 1. The zero-order chi connectivity index (χ0) is 21.4. The lowest BCUT2D eigenvalue weighted by molar-refractivity contribution is -0.138. The molecule has 0 spiro atoms. The Hall–Kier alpha value is -3.56. The van der Waals surface area contributed by atoms with E-state index in [1.807, 2.05) is 0 Å². The molecule has 0 atom stereocenters. The Kier molecular flexibility index (Phi) is 7.18. The first-order valence-corrected chi connectivity index (χ1v) is 8.50. The Balaban J connectivity index is 1.91. The van der Waals surface area contributed by atoms with E-state index in [-0.39, 0.29) is 30.6 Å². The second kappa shape index (κ2) is 9.58. The van der Waals surface area contributed by atoms with E-state index in [9.17, 15) is 27.6 Å². The molecule has 7 nitrogen and oxygen atoms in total. The highest BCUT2D eigenvalue weighted by molar-refractivity contribution is 6.01. The summed E-state index contributed by atoms with van der Waals surface area (Å²) in [5, 5.41) is 16.0. The van der Waals surface area contributed by atoms with Gasteiger partial charge in [-0.1, -0.05) is 6.07 Å². The molecule has 0 aliphatic rings. The number of nitrogens with one attached hydrogen (secondary N) is 3. The summed E-state index contributed by atoms with van der Waals surface area (Å²) in [5.74, 6) is -1.38. The summed E-state index contributed by atoms with van der Waals surface area (Å²) in [6.45, 7) is 0.192. The third-order valence-electron chi connectivity index (χ3n) is 3.71. The normalized spacial score (nSPS) is 10.9. The predicted molar refractivity (Wildman–Crippen MR) is 99.7 cm³/mol. The molecule has 0 radical (unpaired) electrons. The van der Waals surface area contributed by atoms with Gasteiger partial charge in [0.05, 0.1) is 5.56 Å². The highest BCUT2D eigenvalue weighted by Gasteiger charge is 2.29. The van der Waals surface area contributed by atoms with Gasteiger partial charge in [0.2, 0.25) is 0 Å². The first kappa shape index (κ1) is 21.7. The van der Waals surface area contributed by atoms with E-state index in [1.54, 1.807) is 6.07 Å². The van der Waals surface area contributed by atoms with Gasteiger partial charge < -0.3 is 21.1 Å². The van der Waals surface area contributed by atoms with Crippen LogP contribution in [0.25, 0.3) is 0 Å². The fourth-order valence-electron chi connectivity index (χ4n) is 2.32. The zero-order valence-corrected chi connectivity index (χ0v) is 15.0. The number of hydrogen-bond donors (Lipinski definition) is 4. The summed E-state index contributed by atoms with van der Waals surface area (Å²) < 4.78 is 37.6. The second-order valence-corrected chi connectivity index (χ2v) is 5.99. The molecule has 154 valence electrons. The number of rotatable bonds is 7. The van der Waals surface area contributed by atoms with Crippen molar-refractivity contribution in [2.75, 3.05) is 17.2 Å². The van der Waals surface area contributed by atoms with Crippen molar-refractivity contribution in [1.29, 1.82) is 0 Å². The molecule has 0 heterocycles. The van der Waals surface area contributed by atoms with Crippen LogP contribution in [0.15, 0.2) is 48.5 Å². The van der Waals surface area contributed by atoms with E-state index in [4.69, 9.17) is 5.11 Å². The lowest BCUT2D eigenvalue weighted by atomic mass is 10.2. The molecule has 29 heavy (non-hydrogen) atoms. The van der Waals surface area contributed by atoms with Crippen LogP contribution in [0.4, 0.5) is 29.3 Å². The number of alkyl halides is 3. The molecule has 10 heteroatoms. The van der Waals surface area contributed by atoms with Crippen LogP contribution in [-0.2, 0) is 11.0 Å². The number of hydrogen-bond acceptors (Lipinski definition) is 3. The van der Waals surface area contributed by atoms with Gasteiger partial charge in [0, 0.05) is 29.9 Å². The predicted octanol–water partition coefficient (Wildman–Crippen LogP) is 3.94. The van der Waals surface area contributed by atoms with Crippen molar-refractivity contribution in [3.63, 3.8) is 0 Å². The SMILES string of the molecule is O=C(O)CCCNC(=O)c1cccc(NC(=O)Nc2ccc(C(F)(F)F)cc2)c1. The van der Waals surface area contributed by atoms with E-state index >= 15 is 0 Å². The zero-order valence-electron chi connectivity index (χ0n) is 15.0. The summed E-state index contributed by atoms with van der Waals surface area (Å²) in [6, 6.07) is 9.28. The maximum Gasteiger partial charge on any atom is 0.416 e. The monoisotopic (exact) mass is 409 g/mol. The van der Waals surface area contributed by atoms with E-state index in [1.165, 1.54) is 18.2 Å². The molecular formula is C19H18F3N3O4. The highest BCUT2D eigenvalue weighted by atomic mass is 19.4. The van der Waals surface area contributed by atoms with Crippen molar-refractivity contribution < 1.29 is 32.7 Å². The Morgan fingerprint density at radius 2 is 1.59 bits per heavy atom. The number of benzene rings is 2. The molecule has 2 aromatic rings. The van der Waals surface area contributed by atoms with Gasteiger partial charge in [-0.05, 0) is 48.9 Å². The molecule has 0 aromatic heterocycles. The third kappa shape index (κ3) is 7.17. The molecule has 2 aromatic carbocycles. The largest absolute Gasteiger partial charge is 0.481 e. The Labute approximate surface area is 163 Å².